The van der Waals surface area contributed by atoms with E-state index in [1.807, 2.05) is 0 Å². The lowest BCUT2D eigenvalue weighted by molar-refractivity contribution is 1.50. The first-order chi connectivity index (χ1) is 35.8. The molecule has 0 aromatic heterocycles. The van der Waals surface area contributed by atoms with Crippen LogP contribution in [0, 0.1) is 0 Å². The van der Waals surface area contributed by atoms with E-state index < -0.39 is 0 Å². The van der Waals surface area contributed by atoms with Gasteiger partial charge < -0.3 is 0 Å². The van der Waals surface area contributed by atoms with E-state index in [2.05, 4.69) is 303 Å². The molecule has 0 fully saturated rings. The second-order valence-corrected chi connectivity index (χ2v) is 18.2. The smallest absolute Gasteiger partial charge is 0.000763 e. The molecule has 0 aliphatic rings. The van der Waals surface area contributed by atoms with E-state index in [4.69, 9.17) is 0 Å². The highest BCUT2D eigenvalue weighted by Gasteiger charge is 2.31. The van der Waals surface area contributed by atoms with Gasteiger partial charge in [0.15, 0.2) is 0 Å². The Kier molecular flexibility index (Phi) is 12.1. The lowest BCUT2D eigenvalue weighted by Gasteiger charge is -2.30. The Labute approximate surface area is 423 Å². The summed E-state index contributed by atoms with van der Waals surface area (Å²) in [7, 11) is 0. The molecule has 0 bridgehead atoms. The molecule has 0 spiro atoms. The molecular weight excluding hydrogens is 865 g/mol. The number of hydrogen-bond donors (Lipinski definition) is 0. The lowest BCUT2D eigenvalue weighted by Crippen LogP contribution is -2.03. The van der Waals surface area contributed by atoms with E-state index in [0.29, 0.717) is 0 Å². The minimum atomic E-state index is 1.15. The van der Waals surface area contributed by atoms with E-state index >= 15 is 0 Å². The Hall–Kier alpha value is -9.36. The average molecular weight is 915 g/mol. The van der Waals surface area contributed by atoms with Gasteiger partial charge in [-0.2, -0.15) is 0 Å². The summed E-state index contributed by atoms with van der Waals surface area (Å²) < 4.78 is 0. The molecule has 0 saturated carbocycles. The van der Waals surface area contributed by atoms with E-state index in [-0.39, 0.29) is 0 Å². The third kappa shape index (κ3) is 8.26. The summed E-state index contributed by atoms with van der Waals surface area (Å²) >= 11 is 0. The fourth-order valence-electron chi connectivity index (χ4n) is 10.9. The van der Waals surface area contributed by atoms with Crippen molar-refractivity contribution in [3.05, 3.63) is 303 Å². The molecule has 0 atom stereocenters. The number of rotatable bonds is 11. The normalized spacial score (nSPS) is 11.1. The molecule has 0 aliphatic carbocycles. The molecule has 12 aromatic rings. The molecule has 0 saturated heterocycles. The average Bonchev–Trinajstić information content (AvgIpc) is 3.48. The molecule has 0 unspecified atom stereocenters. The van der Waals surface area contributed by atoms with Crippen molar-refractivity contribution in [2.24, 2.45) is 0 Å². The second-order valence-electron chi connectivity index (χ2n) is 18.2. The monoisotopic (exact) mass is 914 g/mol. The van der Waals surface area contributed by atoms with Crippen LogP contribution in [0.4, 0.5) is 0 Å². The van der Waals surface area contributed by atoms with Gasteiger partial charge in [0.2, 0.25) is 0 Å². The summed E-state index contributed by atoms with van der Waals surface area (Å²) in [6, 6.07) is 111. The van der Waals surface area contributed by atoms with E-state index in [1.54, 1.807) is 0 Å². The first-order valence-electron chi connectivity index (χ1n) is 24.9. The predicted molar refractivity (Wildman–Crippen MR) is 306 cm³/mol. The van der Waals surface area contributed by atoms with Gasteiger partial charge in [0.05, 0.1) is 0 Å². The Bertz CT molecular complexity index is 3670. The molecule has 0 amide bonds. The zero-order chi connectivity index (χ0) is 48.1. The van der Waals surface area contributed by atoms with Crippen molar-refractivity contribution in [3.8, 4) is 122 Å². The maximum Gasteiger partial charge on any atom is -0.000763 e. The maximum absolute atomic E-state index is 2.36. The van der Waals surface area contributed by atoms with Crippen molar-refractivity contribution in [2.45, 2.75) is 0 Å². The fourth-order valence-corrected chi connectivity index (χ4v) is 10.9. The summed E-state index contributed by atoms with van der Waals surface area (Å²) in [5.41, 5.74) is 25.8. The topological polar surface area (TPSA) is 0 Å². The zero-order valence-corrected chi connectivity index (χ0v) is 39.9. The molecule has 12 rings (SSSR count). The van der Waals surface area contributed by atoms with Gasteiger partial charge in [-0.1, -0.05) is 303 Å². The predicted octanol–water partition coefficient (Wildman–Crippen LogP) is 20.0. The summed E-state index contributed by atoms with van der Waals surface area (Å²) in [6.45, 7) is 0. The van der Waals surface area contributed by atoms with Crippen LogP contribution >= 0.6 is 0 Å². The summed E-state index contributed by atoms with van der Waals surface area (Å²) in [5, 5.41) is 0. The molecular formula is C72H50. The van der Waals surface area contributed by atoms with Gasteiger partial charge >= 0.3 is 0 Å². The number of hydrogen-bond acceptors (Lipinski definition) is 0. The molecule has 0 radical (unpaired) electrons. The van der Waals surface area contributed by atoms with Gasteiger partial charge in [-0.25, -0.2) is 0 Å². The largest absolute Gasteiger partial charge is 0.0622 e. The molecule has 338 valence electrons. The second kappa shape index (κ2) is 19.9. The van der Waals surface area contributed by atoms with Crippen LogP contribution in [0.3, 0.4) is 0 Å². The van der Waals surface area contributed by atoms with E-state index in [0.717, 1.165) is 50.1 Å². The standard InChI is InChI=1S/C72H50/c1-9-29-51(30-10-1)59-49-50-60(52-31-11-2-12-32-52)71(65(59)53-33-13-3-14-34-53)63-47-27-25-45-61(63)62-46-26-28-48-64(62)72-69(57-41-21-7-22-42-57)67(55-37-17-5-18-38-55)66(54-35-15-4-16-36-54)68(56-39-19-6-20-40-56)70(72)58-43-23-8-24-44-58/h1-50H. The van der Waals surface area contributed by atoms with Crippen LogP contribution in [0.15, 0.2) is 303 Å². The van der Waals surface area contributed by atoms with Gasteiger partial charge in [-0.3, -0.25) is 0 Å². The molecule has 0 nitrogen and oxygen atoms in total. The molecule has 0 aliphatic heterocycles. The minimum Gasteiger partial charge on any atom is -0.0622 e. The quantitative estimate of drug-likeness (QED) is 0.121. The maximum atomic E-state index is 2.36. The number of benzene rings is 12. The third-order valence-corrected chi connectivity index (χ3v) is 13.9. The molecule has 0 N–H and O–H groups in total. The molecule has 72 heavy (non-hydrogen) atoms. The van der Waals surface area contributed by atoms with Crippen molar-refractivity contribution >= 4 is 0 Å². The Morgan fingerprint density at radius 2 is 0.292 bits per heavy atom. The van der Waals surface area contributed by atoms with Gasteiger partial charge in [0.25, 0.3) is 0 Å². The summed E-state index contributed by atoms with van der Waals surface area (Å²) in [4.78, 5) is 0. The fraction of sp³-hybridized carbons (Fsp3) is 0. The van der Waals surface area contributed by atoms with Crippen LogP contribution < -0.4 is 0 Å². The van der Waals surface area contributed by atoms with Crippen molar-refractivity contribution in [2.75, 3.05) is 0 Å². The van der Waals surface area contributed by atoms with Crippen LogP contribution in [0.2, 0.25) is 0 Å². The summed E-state index contributed by atoms with van der Waals surface area (Å²) in [6.07, 6.45) is 0. The molecule has 0 heterocycles. The van der Waals surface area contributed by atoms with Crippen molar-refractivity contribution < 1.29 is 0 Å². The molecule has 12 aromatic carbocycles. The van der Waals surface area contributed by atoms with Crippen molar-refractivity contribution in [1.82, 2.24) is 0 Å². The van der Waals surface area contributed by atoms with Gasteiger partial charge in [0, 0.05) is 0 Å². The zero-order valence-electron chi connectivity index (χ0n) is 39.9. The molecule has 0 heteroatoms. The van der Waals surface area contributed by atoms with Gasteiger partial charge in [-0.05, 0) is 122 Å². The summed E-state index contributed by atoms with van der Waals surface area (Å²) in [5.74, 6) is 0. The first-order valence-corrected chi connectivity index (χ1v) is 24.9. The Morgan fingerprint density at radius 1 is 0.0972 bits per heavy atom. The Morgan fingerprint density at radius 3 is 0.583 bits per heavy atom. The van der Waals surface area contributed by atoms with Crippen molar-refractivity contribution in [3.63, 3.8) is 0 Å². The Balaban J connectivity index is 1.27. The SMILES string of the molecule is c1ccc(-c2ccc(-c3ccccc3)c(-c3ccccc3-c3ccccc3-c3c(-c4ccccc4)c(-c4ccccc4)c(-c4ccccc4)c(-c4ccccc4)c3-c3ccccc3)c2-c2ccccc2)cc1. The third-order valence-electron chi connectivity index (χ3n) is 13.9. The minimum absolute atomic E-state index is 1.15. The lowest BCUT2D eigenvalue weighted by atomic mass is 9.73. The first kappa shape index (κ1) is 43.9. The van der Waals surface area contributed by atoms with E-state index in [9.17, 15) is 0 Å². The van der Waals surface area contributed by atoms with Crippen LogP contribution in [0.5, 0.6) is 0 Å². The highest BCUT2D eigenvalue weighted by molar-refractivity contribution is 6.17. The van der Waals surface area contributed by atoms with Crippen LogP contribution in [0.25, 0.3) is 122 Å². The van der Waals surface area contributed by atoms with Crippen LogP contribution in [-0.2, 0) is 0 Å². The van der Waals surface area contributed by atoms with Gasteiger partial charge in [0.1, 0.15) is 0 Å². The highest BCUT2D eigenvalue weighted by atomic mass is 14.3. The van der Waals surface area contributed by atoms with Crippen LogP contribution in [-0.4, -0.2) is 0 Å². The van der Waals surface area contributed by atoms with Crippen LogP contribution in [0.1, 0.15) is 0 Å². The van der Waals surface area contributed by atoms with Gasteiger partial charge in [-0.15, -0.1) is 0 Å². The highest BCUT2D eigenvalue weighted by Crippen LogP contribution is 2.58. The van der Waals surface area contributed by atoms with E-state index in [1.165, 1.54) is 72.3 Å². The van der Waals surface area contributed by atoms with Crippen molar-refractivity contribution in [1.29, 1.82) is 0 Å².